The largest absolute Gasteiger partial charge is 0.469 e. The highest BCUT2D eigenvalue weighted by atomic mass is 16.5. The summed E-state index contributed by atoms with van der Waals surface area (Å²) in [6.45, 7) is 3.79. The molecule has 1 aliphatic rings. The number of hydrogen-bond donors (Lipinski definition) is 2. The molecule has 2 heterocycles. The molecule has 3 rings (SSSR count). The number of carbonyl (C=O) groups is 2. The number of esters is 1. The van der Waals surface area contributed by atoms with Gasteiger partial charge in [0.2, 0.25) is 0 Å². The molecule has 0 unspecified atom stereocenters. The minimum Gasteiger partial charge on any atom is -0.469 e. The van der Waals surface area contributed by atoms with Gasteiger partial charge in [0.25, 0.3) is 5.91 Å². The minimum atomic E-state index is -0.269. The van der Waals surface area contributed by atoms with Crippen molar-refractivity contribution in [1.82, 2.24) is 20.3 Å². The summed E-state index contributed by atoms with van der Waals surface area (Å²) in [5.74, 6) is -0.505. The molecule has 1 aromatic carbocycles. The van der Waals surface area contributed by atoms with Crippen LogP contribution in [0.3, 0.4) is 0 Å². The molecule has 1 saturated heterocycles. The fourth-order valence-corrected chi connectivity index (χ4v) is 3.24. The number of piperidine rings is 1. The Bertz CT molecular complexity index is 794. The molecule has 144 valence electrons. The van der Waals surface area contributed by atoms with Gasteiger partial charge in [-0.05, 0) is 57.0 Å². The lowest BCUT2D eigenvalue weighted by Gasteiger charge is -2.23. The van der Waals surface area contributed by atoms with E-state index >= 15 is 0 Å². The predicted molar refractivity (Wildman–Crippen MR) is 101 cm³/mol. The highest BCUT2D eigenvalue weighted by Gasteiger charge is 2.22. The van der Waals surface area contributed by atoms with Crippen LogP contribution in [0.1, 0.15) is 47.1 Å². The Balaban J connectivity index is 1.62. The lowest BCUT2D eigenvalue weighted by molar-refractivity contribution is -0.140. The van der Waals surface area contributed by atoms with Crippen LogP contribution < -0.4 is 10.6 Å². The molecule has 1 aliphatic heterocycles. The zero-order valence-corrected chi connectivity index (χ0v) is 15.7. The van der Waals surface area contributed by atoms with Crippen LogP contribution in [0.2, 0.25) is 0 Å². The number of nitrogens with one attached hydrogen (secondary N) is 2. The van der Waals surface area contributed by atoms with Crippen molar-refractivity contribution in [1.29, 1.82) is 0 Å². The SMILES string of the molecule is COC(=O)CCc1ccc(NC(=O)c2nnn(C3CCNCC3)c2C)cc1. The topological polar surface area (TPSA) is 98.1 Å². The Morgan fingerprint density at radius 2 is 1.96 bits per heavy atom. The quantitative estimate of drug-likeness (QED) is 0.752. The van der Waals surface area contributed by atoms with E-state index in [-0.39, 0.29) is 17.9 Å². The van der Waals surface area contributed by atoms with Crippen LogP contribution in [0, 0.1) is 6.92 Å². The molecular formula is C19H25N5O3. The van der Waals surface area contributed by atoms with E-state index in [0.29, 0.717) is 24.2 Å². The fraction of sp³-hybridized carbons (Fsp3) is 0.474. The molecule has 0 aliphatic carbocycles. The monoisotopic (exact) mass is 371 g/mol. The Morgan fingerprint density at radius 3 is 2.63 bits per heavy atom. The maximum absolute atomic E-state index is 12.6. The van der Waals surface area contributed by atoms with Crippen molar-refractivity contribution in [2.24, 2.45) is 0 Å². The van der Waals surface area contributed by atoms with Crippen LogP contribution >= 0.6 is 0 Å². The van der Waals surface area contributed by atoms with Crippen LogP contribution in [0.15, 0.2) is 24.3 Å². The van der Waals surface area contributed by atoms with Gasteiger partial charge < -0.3 is 15.4 Å². The number of rotatable bonds is 6. The van der Waals surface area contributed by atoms with E-state index in [1.807, 2.05) is 35.9 Å². The Hall–Kier alpha value is -2.74. The first-order chi connectivity index (χ1) is 13.1. The average Bonchev–Trinajstić information content (AvgIpc) is 3.09. The zero-order valence-electron chi connectivity index (χ0n) is 15.7. The molecule has 8 nitrogen and oxygen atoms in total. The van der Waals surface area contributed by atoms with Crippen molar-refractivity contribution in [3.63, 3.8) is 0 Å². The fourth-order valence-electron chi connectivity index (χ4n) is 3.24. The molecular weight excluding hydrogens is 346 g/mol. The zero-order chi connectivity index (χ0) is 19.2. The number of benzene rings is 1. The standard InChI is InChI=1S/C19H25N5O3/c1-13-18(22-23-24(13)16-9-11-20-12-10-16)19(26)21-15-6-3-14(4-7-15)5-8-17(25)27-2/h3-4,6-7,16,20H,5,8-12H2,1-2H3,(H,21,26). The Morgan fingerprint density at radius 1 is 1.26 bits per heavy atom. The maximum Gasteiger partial charge on any atom is 0.305 e. The van der Waals surface area contributed by atoms with Gasteiger partial charge in [0.1, 0.15) is 0 Å². The highest BCUT2D eigenvalue weighted by molar-refractivity contribution is 6.03. The molecule has 1 amide bonds. The van der Waals surface area contributed by atoms with Gasteiger partial charge in [-0.3, -0.25) is 9.59 Å². The lowest BCUT2D eigenvalue weighted by Crippen LogP contribution is -2.30. The van der Waals surface area contributed by atoms with E-state index in [2.05, 4.69) is 25.7 Å². The van der Waals surface area contributed by atoms with E-state index in [1.54, 1.807) is 0 Å². The summed E-state index contributed by atoms with van der Waals surface area (Å²) in [6.07, 6.45) is 2.91. The second kappa shape index (κ2) is 8.77. The normalized spacial score (nSPS) is 14.7. The lowest BCUT2D eigenvalue weighted by atomic mass is 10.1. The van der Waals surface area contributed by atoms with Crippen molar-refractivity contribution >= 4 is 17.6 Å². The molecule has 0 atom stereocenters. The van der Waals surface area contributed by atoms with E-state index in [4.69, 9.17) is 0 Å². The highest BCUT2D eigenvalue weighted by Crippen LogP contribution is 2.21. The molecule has 8 heteroatoms. The van der Waals surface area contributed by atoms with Crippen molar-refractivity contribution in [2.75, 3.05) is 25.5 Å². The molecule has 0 saturated carbocycles. The van der Waals surface area contributed by atoms with Crippen LogP contribution in [-0.4, -0.2) is 47.1 Å². The molecule has 0 spiro atoms. The molecule has 1 aromatic heterocycles. The predicted octanol–water partition coefficient (Wildman–Crippen LogP) is 1.87. The number of methoxy groups -OCH3 is 1. The van der Waals surface area contributed by atoms with E-state index < -0.39 is 0 Å². The van der Waals surface area contributed by atoms with Gasteiger partial charge in [-0.15, -0.1) is 5.10 Å². The summed E-state index contributed by atoms with van der Waals surface area (Å²) in [4.78, 5) is 23.8. The summed E-state index contributed by atoms with van der Waals surface area (Å²) in [6, 6.07) is 7.69. The van der Waals surface area contributed by atoms with Crippen molar-refractivity contribution in [3.05, 3.63) is 41.2 Å². The van der Waals surface area contributed by atoms with E-state index in [9.17, 15) is 9.59 Å². The van der Waals surface area contributed by atoms with Crippen LogP contribution in [0.25, 0.3) is 0 Å². The first-order valence-electron chi connectivity index (χ1n) is 9.18. The summed E-state index contributed by atoms with van der Waals surface area (Å²) < 4.78 is 6.51. The number of aryl methyl sites for hydroxylation is 1. The molecule has 0 bridgehead atoms. The Kier molecular flexibility index (Phi) is 6.18. The van der Waals surface area contributed by atoms with Crippen LogP contribution in [0.5, 0.6) is 0 Å². The summed E-state index contributed by atoms with van der Waals surface area (Å²) in [7, 11) is 1.38. The second-order valence-electron chi connectivity index (χ2n) is 6.68. The molecule has 1 fully saturated rings. The van der Waals surface area contributed by atoms with Crippen molar-refractivity contribution in [2.45, 2.75) is 38.6 Å². The summed E-state index contributed by atoms with van der Waals surface area (Å²) in [5, 5.41) is 14.5. The summed E-state index contributed by atoms with van der Waals surface area (Å²) in [5.41, 5.74) is 2.82. The number of nitrogens with zero attached hydrogens (tertiary/aromatic N) is 3. The number of anilines is 1. The minimum absolute atomic E-state index is 0.236. The van der Waals surface area contributed by atoms with Crippen molar-refractivity contribution < 1.29 is 14.3 Å². The third-order valence-corrected chi connectivity index (χ3v) is 4.85. The number of amides is 1. The van der Waals surface area contributed by atoms with Gasteiger partial charge in [0.05, 0.1) is 18.8 Å². The third kappa shape index (κ3) is 4.71. The number of hydrogen-bond acceptors (Lipinski definition) is 6. The first-order valence-corrected chi connectivity index (χ1v) is 9.18. The number of carbonyl (C=O) groups excluding carboxylic acids is 2. The smallest absolute Gasteiger partial charge is 0.305 e. The first kappa shape index (κ1) is 19.0. The van der Waals surface area contributed by atoms with Crippen molar-refractivity contribution in [3.8, 4) is 0 Å². The average molecular weight is 371 g/mol. The Labute approximate surface area is 158 Å². The van der Waals surface area contributed by atoms with Gasteiger partial charge in [0.15, 0.2) is 5.69 Å². The van der Waals surface area contributed by atoms with E-state index in [1.165, 1.54) is 7.11 Å². The van der Waals surface area contributed by atoms with Gasteiger partial charge in [-0.25, -0.2) is 4.68 Å². The van der Waals surface area contributed by atoms with Crippen LogP contribution in [-0.2, 0) is 16.0 Å². The van der Waals surface area contributed by atoms with Crippen LogP contribution in [0.4, 0.5) is 5.69 Å². The third-order valence-electron chi connectivity index (χ3n) is 4.85. The molecule has 0 radical (unpaired) electrons. The van der Waals surface area contributed by atoms with Gasteiger partial charge >= 0.3 is 5.97 Å². The maximum atomic E-state index is 12.6. The van der Waals surface area contributed by atoms with Gasteiger partial charge in [0, 0.05) is 12.1 Å². The van der Waals surface area contributed by atoms with Gasteiger partial charge in [-0.2, -0.15) is 0 Å². The number of ether oxygens (including phenoxy) is 1. The second-order valence-corrected chi connectivity index (χ2v) is 6.68. The molecule has 2 N–H and O–H groups in total. The molecule has 27 heavy (non-hydrogen) atoms. The number of aromatic nitrogens is 3. The van der Waals surface area contributed by atoms with Gasteiger partial charge in [-0.1, -0.05) is 17.3 Å². The molecule has 2 aromatic rings. The summed E-state index contributed by atoms with van der Waals surface area (Å²) >= 11 is 0. The van der Waals surface area contributed by atoms with E-state index in [0.717, 1.165) is 37.2 Å².